The van der Waals surface area contributed by atoms with Crippen LogP contribution in [0.15, 0.2) is 33.7 Å². The number of halogens is 1. The predicted octanol–water partition coefficient (Wildman–Crippen LogP) is 1.54. The first-order valence-corrected chi connectivity index (χ1v) is 9.57. The molecule has 1 N–H and O–H groups in total. The third-order valence-corrected chi connectivity index (χ3v) is 5.87. The summed E-state index contributed by atoms with van der Waals surface area (Å²) in [5.41, 5.74) is 0.945. The fourth-order valence-corrected chi connectivity index (χ4v) is 3.38. The lowest BCUT2D eigenvalue weighted by Crippen LogP contribution is -2.29. The number of fused-ring (bicyclic) bond motifs is 1. The van der Waals surface area contributed by atoms with E-state index in [-0.39, 0.29) is 23.1 Å². The van der Waals surface area contributed by atoms with Crippen molar-refractivity contribution < 1.29 is 8.42 Å². The molecule has 0 saturated heterocycles. The van der Waals surface area contributed by atoms with Gasteiger partial charge in [0.1, 0.15) is 10.1 Å². The Balaban J connectivity index is 2.23. The van der Waals surface area contributed by atoms with Gasteiger partial charge in [-0.2, -0.15) is 0 Å². The standard InChI is InChI=1S/C14H18BrN3O3S/c1-3-22(20,21)9-7-16-10(2)13-12(15)14(19)18-8-5-4-6-11(18)17-13/h4-6,8,10,16H,3,7,9H2,1-2H3. The average Bonchev–Trinajstić information content (AvgIpc) is 2.50. The first-order valence-electron chi connectivity index (χ1n) is 6.96. The van der Waals surface area contributed by atoms with Gasteiger partial charge >= 0.3 is 0 Å². The van der Waals surface area contributed by atoms with E-state index in [2.05, 4.69) is 26.2 Å². The van der Waals surface area contributed by atoms with Crippen molar-refractivity contribution in [2.75, 3.05) is 18.1 Å². The van der Waals surface area contributed by atoms with E-state index < -0.39 is 9.84 Å². The second-order valence-electron chi connectivity index (χ2n) is 4.96. The molecule has 8 heteroatoms. The van der Waals surface area contributed by atoms with E-state index in [1.54, 1.807) is 25.3 Å². The molecule has 0 aliphatic carbocycles. The maximum Gasteiger partial charge on any atom is 0.272 e. The van der Waals surface area contributed by atoms with Crippen molar-refractivity contribution >= 4 is 31.4 Å². The molecule has 6 nitrogen and oxygen atoms in total. The molecule has 0 fully saturated rings. The number of hydrogen-bond acceptors (Lipinski definition) is 5. The Morgan fingerprint density at radius 3 is 2.82 bits per heavy atom. The lowest BCUT2D eigenvalue weighted by Gasteiger charge is -2.15. The molecule has 0 aromatic carbocycles. The summed E-state index contributed by atoms with van der Waals surface area (Å²) >= 11 is 3.29. The summed E-state index contributed by atoms with van der Waals surface area (Å²) in [6, 6.07) is 5.09. The number of hydrogen-bond donors (Lipinski definition) is 1. The van der Waals surface area contributed by atoms with Gasteiger partial charge in [-0.05, 0) is 35.0 Å². The molecule has 0 bridgehead atoms. The Bertz CT molecular complexity index is 833. The molecular weight excluding hydrogens is 370 g/mol. The quantitative estimate of drug-likeness (QED) is 0.812. The van der Waals surface area contributed by atoms with Crippen LogP contribution in [0.2, 0.25) is 0 Å². The third kappa shape index (κ3) is 3.74. The van der Waals surface area contributed by atoms with Crippen molar-refractivity contribution in [2.45, 2.75) is 19.9 Å². The van der Waals surface area contributed by atoms with Crippen molar-refractivity contribution in [1.29, 1.82) is 0 Å². The van der Waals surface area contributed by atoms with Crippen LogP contribution in [0.1, 0.15) is 25.6 Å². The Labute approximate surface area is 137 Å². The number of sulfone groups is 1. The molecule has 2 aromatic heterocycles. The van der Waals surface area contributed by atoms with Crippen LogP contribution in [0.25, 0.3) is 5.65 Å². The van der Waals surface area contributed by atoms with Crippen LogP contribution in [-0.4, -0.2) is 35.9 Å². The first kappa shape index (κ1) is 17.1. The van der Waals surface area contributed by atoms with Crippen LogP contribution >= 0.6 is 15.9 Å². The summed E-state index contributed by atoms with van der Waals surface area (Å²) < 4.78 is 24.8. The minimum atomic E-state index is -3.01. The molecule has 0 aliphatic rings. The predicted molar refractivity (Wildman–Crippen MR) is 89.9 cm³/mol. The second-order valence-corrected chi connectivity index (χ2v) is 8.22. The maximum absolute atomic E-state index is 12.3. The number of rotatable bonds is 6. The normalized spacial score (nSPS) is 13.4. The number of aromatic nitrogens is 2. The highest BCUT2D eigenvalue weighted by atomic mass is 79.9. The van der Waals surface area contributed by atoms with Gasteiger partial charge in [0.15, 0.2) is 9.84 Å². The minimum Gasteiger partial charge on any atom is -0.308 e. The monoisotopic (exact) mass is 387 g/mol. The van der Waals surface area contributed by atoms with Crippen LogP contribution in [0.4, 0.5) is 0 Å². The topological polar surface area (TPSA) is 80.5 Å². The molecule has 0 amide bonds. The van der Waals surface area contributed by atoms with Gasteiger partial charge < -0.3 is 5.32 Å². The zero-order valence-corrected chi connectivity index (χ0v) is 14.8. The Hall–Kier alpha value is -1.25. The van der Waals surface area contributed by atoms with Crippen LogP contribution in [0.3, 0.4) is 0 Å². The van der Waals surface area contributed by atoms with Crippen LogP contribution in [0, 0.1) is 0 Å². The lowest BCUT2D eigenvalue weighted by molar-refractivity contribution is 0.563. The Morgan fingerprint density at radius 1 is 1.41 bits per heavy atom. The summed E-state index contributed by atoms with van der Waals surface area (Å²) in [6.07, 6.45) is 1.66. The zero-order chi connectivity index (χ0) is 16.3. The summed E-state index contributed by atoms with van der Waals surface area (Å²) in [4.78, 5) is 16.8. The Kier molecular flexibility index (Phi) is 5.36. The smallest absolute Gasteiger partial charge is 0.272 e. The molecule has 0 spiro atoms. The third-order valence-electron chi connectivity index (χ3n) is 3.42. The van der Waals surface area contributed by atoms with Gasteiger partial charge in [0.05, 0.1) is 11.4 Å². The second kappa shape index (κ2) is 6.89. The van der Waals surface area contributed by atoms with E-state index in [1.807, 2.05) is 13.0 Å². The molecule has 0 saturated carbocycles. The van der Waals surface area contributed by atoms with Gasteiger partial charge in [-0.15, -0.1) is 0 Å². The Morgan fingerprint density at radius 2 is 2.14 bits per heavy atom. The minimum absolute atomic E-state index is 0.0675. The largest absolute Gasteiger partial charge is 0.308 e. The highest BCUT2D eigenvalue weighted by molar-refractivity contribution is 9.10. The molecule has 2 heterocycles. The molecule has 2 aromatic rings. The van der Waals surface area contributed by atoms with Gasteiger partial charge in [-0.25, -0.2) is 13.4 Å². The summed E-state index contributed by atoms with van der Waals surface area (Å²) in [6.45, 7) is 3.80. The van der Waals surface area contributed by atoms with E-state index in [9.17, 15) is 13.2 Å². The van der Waals surface area contributed by atoms with E-state index in [4.69, 9.17) is 0 Å². The molecule has 120 valence electrons. The maximum atomic E-state index is 12.3. The molecule has 1 unspecified atom stereocenters. The van der Waals surface area contributed by atoms with Crippen LogP contribution in [0.5, 0.6) is 0 Å². The lowest BCUT2D eigenvalue weighted by atomic mass is 10.2. The number of nitrogens with one attached hydrogen (secondary N) is 1. The molecule has 0 radical (unpaired) electrons. The number of pyridine rings is 1. The molecule has 2 rings (SSSR count). The molecule has 1 atom stereocenters. The molecule has 22 heavy (non-hydrogen) atoms. The van der Waals surface area contributed by atoms with E-state index >= 15 is 0 Å². The van der Waals surface area contributed by atoms with Gasteiger partial charge in [-0.3, -0.25) is 9.20 Å². The molecule has 0 aliphatic heterocycles. The first-order chi connectivity index (χ1) is 10.4. The van der Waals surface area contributed by atoms with Gasteiger partial charge in [0, 0.05) is 24.5 Å². The van der Waals surface area contributed by atoms with Gasteiger partial charge in [0.25, 0.3) is 5.56 Å². The van der Waals surface area contributed by atoms with E-state index in [1.165, 1.54) is 4.40 Å². The fraction of sp³-hybridized carbons (Fsp3) is 0.429. The van der Waals surface area contributed by atoms with Crippen molar-refractivity contribution in [3.05, 3.63) is 44.9 Å². The van der Waals surface area contributed by atoms with Crippen molar-refractivity contribution in [1.82, 2.24) is 14.7 Å². The van der Waals surface area contributed by atoms with Crippen molar-refractivity contribution in [2.24, 2.45) is 0 Å². The zero-order valence-electron chi connectivity index (χ0n) is 12.4. The van der Waals surface area contributed by atoms with Gasteiger partial charge in [0.2, 0.25) is 0 Å². The van der Waals surface area contributed by atoms with Crippen LogP contribution in [-0.2, 0) is 9.84 Å². The van der Waals surface area contributed by atoms with Gasteiger partial charge in [-0.1, -0.05) is 13.0 Å². The van der Waals surface area contributed by atoms with Crippen molar-refractivity contribution in [3.8, 4) is 0 Å². The highest BCUT2D eigenvalue weighted by Crippen LogP contribution is 2.18. The SMILES string of the molecule is CCS(=O)(=O)CCNC(C)c1nc2ccccn2c(=O)c1Br. The molecular formula is C14H18BrN3O3S. The summed E-state index contributed by atoms with van der Waals surface area (Å²) in [5.74, 6) is 0.195. The highest BCUT2D eigenvalue weighted by Gasteiger charge is 2.16. The summed E-state index contributed by atoms with van der Waals surface area (Å²) in [7, 11) is -3.01. The fourth-order valence-electron chi connectivity index (χ4n) is 2.04. The van der Waals surface area contributed by atoms with E-state index in [0.29, 0.717) is 22.4 Å². The van der Waals surface area contributed by atoms with Crippen LogP contribution < -0.4 is 10.9 Å². The number of nitrogens with zero attached hydrogens (tertiary/aromatic N) is 2. The summed E-state index contributed by atoms with van der Waals surface area (Å²) in [5, 5.41) is 3.10. The van der Waals surface area contributed by atoms with E-state index in [0.717, 1.165) is 0 Å². The average molecular weight is 388 g/mol. The van der Waals surface area contributed by atoms with Crippen molar-refractivity contribution in [3.63, 3.8) is 0 Å².